The Bertz CT molecular complexity index is 624. The number of benzene rings is 2. The Morgan fingerprint density at radius 1 is 1.14 bits per heavy atom. The highest BCUT2D eigenvalue weighted by atomic mass is 16.1. The SMILES string of the molecule is CC(C(=O)NC1CNc2ccccc2C1)c1ccccc1. The van der Waals surface area contributed by atoms with Gasteiger partial charge in [-0.2, -0.15) is 0 Å². The molecule has 1 aliphatic heterocycles. The number of para-hydroxylation sites is 1. The van der Waals surface area contributed by atoms with Crippen molar-refractivity contribution in [1.29, 1.82) is 0 Å². The van der Waals surface area contributed by atoms with Gasteiger partial charge in [-0.3, -0.25) is 4.79 Å². The number of nitrogens with one attached hydrogen (secondary N) is 2. The van der Waals surface area contributed by atoms with Crippen LogP contribution < -0.4 is 10.6 Å². The highest BCUT2D eigenvalue weighted by Gasteiger charge is 2.22. The molecule has 1 aliphatic rings. The molecule has 108 valence electrons. The fourth-order valence-corrected chi connectivity index (χ4v) is 2.76. The van der Waals surface area contributed by atoms with E-state index in [1.165, 1.54) is 11.3 Å². The molecule has 2 unspecified atom stereocenters. The topological polar surface area (TPSA) is 41.1 Å². The van der Waals surface area contributed by atoms with Crippen molar-refractivity contribution in [3.63, 3.8) is 0 Å². The fraction of sp³-hybridized carbons (Fsp3) is 0.278. The molecule has 3 heteroatoms. The van der Waals surface area contributed by atoms with Gasteiger partial charge in [0.25, 0.3) is 0 Å². The lowest BCUT2D eigenvalue weighted by molar-refractivity contribution is -0.122. The molecule has 2 aromatic rings. The van der Waals surface area contributed by atoms with E-state index in [-0.39, 0.29) is 17.9 Å². The first-order chi connectivity index (χ1) is 10.2. The average Bonchev–Trinajstić information content (AvgIpc) is 2.55. The second-order valence-electron chi connectivity index (χ2n) is 5.58. The first-order valence-electron chi connectivity index (χ1n) is 7.41. The standard InChI is InChI=1S/C18H20N2O/c1-13(14-7-3-2-4-8-14)18(21)20-16-11-15-9-5-6-10-17(15)19-12-16/h2-10,13,16,19H,11-12H2,1H3,(H,20,21). The van der Waals surface area contributed by atoms with Gasteiger partial charge in [-0.25, -0.2) is 0 Å². The first-order valence-corrected chi connectivity index (χ1v) is 7.41. The van der Waals surface area contributed by atoms with E-state index in [9.17, 15) is 4.79 Å². The van der Waals surface area contributed by atoms with Crippen molar-refractivity contribution in [2.45, 2.75) is 25.3 Å². The largest absolute Gasteiger partial charge is 0.383 e. The highest BCUT2D eigenvalue weighted by Crippen LogP contribution is 2.22. The molecule has 0 saturated carbocycles. The van der Waals surface area contributed by atoms with Gasteiger partial charge < -0.3 is 10.6 Å². The van der Waals surface area contributed by atoms with Crippen LogP contribution in [0, 0.1) is 0 Å². The molecule has 3 rings (SSSR count). The molecule has 1 amide bonds. The van der Waals surface area contributed by atoms with Gasteiger partial charge in [0, 0.05) is 12.2 Å². The van der Waals surface area contributed by atoms with Crippen LogP contribution in [0.1, 0.15) is 24.0 Å². The molecule has 0 radical (unpaired) electrons. The molecule has 2 aromatic carbocycles. The monoisotopic (exact) mass is 280 g/mol. The van der Waals surface area contributed by atoms with Crippen LogP contribution in [0.15, 0.2) is 54.6 Å². The number of anilines is 1. The summed E-state index contributed by atoms with van der Waals surface area (Å²) >= 11 is 0. The van der Waals surface area contributed by atoms with Gasteiger partial charge in [0.05, 0.1) is 12.0 Å². The van der Waals surface area contributed by atoms with Gasteiger partial charge in [-0.15, -0.1) is 0 Å². The van der Waals surface area contributed by atoms with Crippen molar-refractivity contribution >= 4 is 11.6 Å². The van der Waals surface area contributed by atoms with E-state index in [0.29, 0.717) is 0 Å². The summed E-state index contributed by atoms with van der Waals surface area (Å²) in [5.41, 5.74) is 3.50. The molecule has 0 aliphatic carbocycles. The van der Waals surface area contributed by atoms with Crippen molar-refractivity contribution < 1.29 is 4.79 Å². The van der Waals surface area contributed by atoms with E-state index in [2.05, 4.69) is 22.8 Å². The van der Waals surface area contributed by atoms with Crippen molar-refractivity contribution in [2.24, 2.45) is 0 Å². The summed E-state index contributed by atoms with van der Waals surface area (Å²) in [4.78, 5) is 12.4. The zero-order valence-corrected chi connectivity index (χ0v) is 12.2. The smallest absolute Gasteiger partial charge is 0.227 e. The number of carbonyl (C=O) groups is 1. The number of hydrogen-bond donors (Lipinski definition) is 2. The minimum absolute atomic E-state index is 0.0902. The summed E-state index contributed by atoms with van der Waals surface area (Å²) in [6.45, 7) is 2.74. The molecule has 1 heterocycles. The van der Waals surface area contributed by atoms with Crippen molar-refractivity contribution in [1.82, 2.24) is 5.32 Å². The van der Waals surface area contributed by atoms with E-state index in [1.807, 2.05) is 49.4 Å². The maximum absolute atomic E-state index is 12.4. The summed E-state index contributed by atoms with van der Waals surface area (Å²) in [7, 11) is 0. The molecule has 0 aromatic heterocycles. The van der Waals surface area contributed by atoms with E-state index in [0.717, 1.165) is 18.5 Å². The van der Waals surface area contributed by atoms with Crippen LogP contribution in [0.25, 0.3) is 0 Å². The van der Waals surface area contributed by atoms with Gasteiger partial charge in [0.15, 0.2) is 0 Å². The van der Waals surface area contributed by atoms with Gasteiger partial charge in [-0.1, -0.05) is 48.5 Å². The minimum Gasteiger partial charge on any atom is -0.383 e. The van der Waals surface area contributed by atoms with Crippen LogP contribution in [0.4, 0.5) is 5.69 Å². The van der Waals surface area contributed by atoms with Crippen molar-refractivity contribution in [3.8, 4) is 0 Å². The number of carbonyl (C=O) groups excluding carboxylic acids is 1. The molecule has 21 heavy (non-hydrogen) atoms. The summed E-state index contributed by atoms with van der Waals surface area (Å²) in [6.07, 6.45) is 0.885. The van der Waals surface area contributed by atoms with Crippen LogP contribution in [-0.2, 0) is 11.2 Å². The lowest BCUT2D eigenvalue weighted by Gasteiger charge is -2.28. The molecule has 2 atom stereocenters. The summed E-state index contributed by atoms with van der Waals surface area (Å²) < 4.78 is 0. The number of fused-ring (bicyclic) bond motifs is 1. The zero-order chi connectivity index (χ0) is 14.7. The molecule has 3 nitrogen and oxygen atoms in total. The minimum atomic E-state index is -0.122. The summed E-state index contributed by atoms with van der Waals surface area (Å²) in [5, 5.41) is 6.54. The maximum atomic E-state index is 12.4. The Kier molecular flexibility index (Phi) is 3.91. The Balaban J connectivity index is 1.64. The third-order valence-corrected chi connectivity index (χ3v) is 4.06. The third kappa shape index (κ3) is 3.07. The maximum Gasteiger partial charge on any atom is 0.227 e. The van der Waals surface area contributed by atoms with Crippen LogP contribution in [-0.4, -0.2) is 18.5 Å². The van der Waals surface area contributed by atoms with Gasteiger partial charge in [0.2, 0.25) is 5.91 Å². The third-order valence-electron chi connectivity index (χ3n) is 4.06. The van der Waals surface area contributed by atoms with E-state index >= 15 is 0 Å². The molecular formula is C18H20N2O. The van der Waals surface area contributed by atoms with Crippen LogP contribution in [0.2, 0.25) is 0 Å². The molecule has 2 N–H and O–H groups in total. The number of hydrogen-bond acceptors (Lipinski definition) is 2. The average molecular weight is 280 g/mol. The van der Waals surface area contributed by atoms with E-state index in [1.54, 1.807) is 0 Å². The summed E-state index contributed by atoms with van der Waals surface area (Å²) in [5.74, 6) is -0.0317. The number of rotatable bonds is 3. The van der Waals surface area contributed by atoms with Crippen LogP contribution in [0.5, 0.6) is 0 Å². The Morgan fingerprint density at radius 3 is 2.67 bits per heavy atom. The molecule has 0 spiro atoms. The van der Waals surface area contributed by atoms with Gasteiger partial charge in [-0.05, 0) is 30.5 Å². The Morgan fingerprint density at radius 2 is 1.86 bits per heavy atom. The predicted octanol–water partition coefficient (Wildman–Crippen LogP) is 2.94. The second-order valence-corrected chi connectivity index (χ2v) is 5.58. The molecule has 0 fully saturated rings. The zero-order valence-electron chi connectivity index (χ0n) is 12.2. The fourth-order valence-electron chi connectivity index (χ4n) is 2.76. The first kappa shape index (κ1) is 13.7. The predicted molar refractivity (Wildman–Crippen MR) is 85.4 cm³/mol. The quantitative estimate of drug-likeness (QED) is 0.907. The van der Waals surface area contributed by atoms with E-state index < -0.39 is 0 Å². The van der Waals surface area contributed by atoms with E-state index in [4.69, 9.17) is 0 Å². The second kappa shape index (κ2) is 6.00. The lowest BCUT2D eigenvalue weighted by Crippen LogP contribution is -2.45. The molecule has 0 bridgehead atoms. The molecular weight excluding hydrogens is 260 g/mol. The highest BCUT2D eigenvalue weighted by molar-refractivity contribution is 5.83. The number of amides is 1. The van der Waals surface area contributed by atoms with Gasteiger partial charge in [0.1, 0.15) is 0 Å². The lowest BCUT2D eigenvalue weighted by atomic mass is 9.97. The van der Waals surface area contributed by atoms with Crippen molar-refractivity contribution in [3.05, 3.63) is 65.7 Å². The van der Waals surface area contributed by atoms with Gasteiger partial charge >= 0.3 is 0 Å². The van der Waals surface area contributed by atoms with Crippen molar-refractivity contribution in [2.75, 3.05) is 11.9 Å². The van der Waals surface area contributed by atoms with Crippen LogP contribution >= 0.6 is 0 Å². The Labute approximate surface area is 125 Å². The molecule has 0 saturated heterocycles. The Hall–Kier alpha value is -2.29. The normalized spacial score (nSPS) is 18.2. The summed E-state index contributed by atoms with van der Waals surface area (Å²) in [6, 6.07) is 18.3. The van der Waals surface area contributed by atoms with Crippen LogP contribution in [0.3, 0.4) is 0 Å².